The van der Waals surface area contributed by atoms with Crippen LogP contribution in [0, 0.1) is 0 Å². The van der Waals surface area contributed by atoms with Gasteiger partial charge in [0.1, 0.15) is 12.2 Å². The Morgan fingerprint density at radius 3 is 2.08 bits per heavy atom. The van der Waals surface area contributed by atoms with E-state index < -0.39 is 61.1 Å². The Morgan fingerprint density at radius 2 is 1.67 bits per heavy atom. The van der Waals surface area contributed by atoms with E-state index in [1.807, 2.05) is 0 Å². The van der Waals surface area contributed by atoms with Crippen LogP contribution in [-0.2, 0) is 23.7 Å². The molecule has 0 aromatic heterocycles. The van der Waals surface area contributed by atoms with Gasteiger partial charge in [-0.2, -0.15) is 0 Å². The molecule has 3 N–H and O–H groups in total. The number of hydrogen-bond acceptors (Lipinski definition) is 7. The summed E-state index contributed by atoms with van der Waals surface area (Å²) in [5.74, 6) is -10.4. The van der Waals surface area contributed by atoms with Crippen LogP contribution in [-0.4, -0.2) is 76.4 Å². The van der Waals surface area contributed by atoms with Crippen molar-refractivity contribution in [3.63, 3.8) is 0 Å². The van der Waals surface area contributed by atoms with Gasteiger partial charge in [0.2, 0.25) is 0 Å². The zero-order chi connectivity index (χ0) is 18.5. The van der Waals surface area contributed by atoms with Gasteiger partial charge in [-0.1, -0.05) is 0 Å². The Labute approximate surface area is 132 Å². The maximum Gasteiger partial charge on any atom is 0.367 e. The normalized spacial score (nSPS) is 38.2. The molecule has 12 heteroatoms. The van der Waals surface area contributed by atoms with Crippen LogP contribution in [0.3, 0.4) is 0 Å². The Bertz CT molecular complexity index is 493. The summed E-state index contributed by atoms with van der Waals surface area (Å²) in [5, 5.41) is 28.5. The number of carbonyl (C=O) groups is 1. The van der Waals surface area contributed by atoms with E-state index in [1.165, 1.54) is 13.8 Å². The fourth-order valence-corrected chi connectivity index (χ4v) is 2.62. The van der Waals surface area contributed by atoms with Gasteiger partial charge >= 0.3 is 5.97 Å². The standard InChI is InChI=1S/C12H16F4O8/c1-10(2)23-6(11(20,24-10)9(18)19)5-4(3-17)21-12(22-5,7(13)14)8(15)16/h4-8,17,20H,3H2,1-2H3,(H,18,19)/t4-,5-,6+,11-/m1/s1. The highest BCUT2D eigenvalue weighted by atomic mass is 19.3. The molecule has 0 aliphatic carbocycles. The van der Waals surface area contributed by atoms with Gasteiger partial charge in [-0.05, 0) is 13.8 Å². The van der Waals surface area contributed by atoms with Crippen molar-refractivity contribution in [1.82, 2.24) is 0 Å². The largest absolute Gasteiger partial charge is 0.477 e. The maximum atomic E-state index is 13.1. The number of hydrogen-bond donors (Lipinski definition) is 3. The summed E-state index contributed by atoms with van der Waals surface area (Å²) in [5.41, 5.74) is 0. The quantitative estimate of drug-likeness (QED) is 0.580. The van der Waals surface area contributed by atoms with E-state index in [-0.39, 0.29) is 0 Å². The van der Waals surface area contributed by atoms with Gasteiger partial charge in [-0.15, -0.1) is 0 Å². The van der Waals surface area contributed by atoms with Crippen molar-refractivity contribution in [1.29, 1.82) is 0 Å². The number of aliphatic hydroxyl groups excluding tert-OH is 1. The van der Waals surface area contributed by atoms with Gasteiger partial charge in [0.15, 0.2) is 11.9 Å². The van der Waals surface area contributed by atoms with Crippen LogP contribution >= 0.6 is 0 Å². The number of carboxylic acid groups (broad SMARTS) is 1. The van der Waals surface area contributed by atoms with Crippen LogP contribution in [0.2, 0.25) is 0 Å². The lowest BCUT2D eigenvalue weighted by Crippen LogP contribution is -2.56. The molecule has 0 aromatic carbocycles. The molecule has 24 heavy (non-hydrogen) atoms. The maximum absolute atomic E-state index is 13.1. The van der Waals surface area contributed by atoms with Crippen LogP contribution in [0.5, 0.6) is 0 Å². The second-order valence-corrected chi connectivity index (χ2v) is 5.79. The monoisotopic (exact) mass is 364 g/mol. The molecule has 8 nitrogen and oxygen atoms in total. The number of aliphatic hydroxyl groups is 2. The lowest BCUT2D eigenvalue weighted by Gasteiger charge is -2.29. The zero-order valence-corrected chi connectivity index (χ0v) is 12.5. The number of alkyl halides is 4. The van der Waals surface area contributed by atoms with Crippen LogP contribution in [0.15, 0.2) is 0 Å². The van der Waals surface area contributed by atoms with Crippen LogP contribution in [0.1, 0.15) is 13.8 Å². The third-order valence-corrected chi connectivity index (χ3v) is 3.61. The molecule has 2 aliphatic heterocycles. The molecule has 2 rings (SSSR count). The summed E-state index contributed by atoms with van der Waals surface area (Å²) >= 11 is 0. The summed E-state index contributed by atoms with van der Waals surface area (Å²) in [6, 6.07) is 0. The highest BCUT2D eigenvalue weighted by Gasteiger charge is 2.69. The van der Waals surface area contributed by atoms with Gasteiger partial charge in [0, 0.05) is 0 Å². The average Bonchev–Trinajstić information content (AvgIpc) is 2.95. The summed E-state index contributed by atoms with van der Waals surface area (Å²) in [4.78, 5) is 11.3. The molecule has 0 unspecified atom stereocenters. The predicted octanol–water partition coefficient (Wildman–Crippen LogP) is -0.0861. The number of aliphatic carboxylic acids is 1. The molecule has 140 valence electrons. The van der Waals surface area contributed by atoms with E-state index in [2.05, 4.69) is 9.47 Å². The van der Waals surface area contributed by atoms with E-state index in [4.69, 9.17) is 14.6 Å². The van der Waals surface area contributed by atoms with Crippen molar-refractivity contribution < 1.29 is 56.6 Å². The molecular formula is C12H16F4O8. The number of rotatable bonds is 5. The molecule has 2 heterocycles. The highest BCUT2D eigenvalue weighted by Crippen LogP contribution is 2.46. The van der Waals surface area contributed by atoms with E-state index in [9.17, 15) is 32.6 Å². The summed E-state index contributed by atoms with van der Waals surface area (Å²) < 4.78 is 71.3. The first kappa shape index (κ1) is 19.3. The second-order valence-electron chi connectivity index (χ2n) is 5.79. The van der Waals surface area contributed by atoms with Crippen molar-refractivity contribution in [2.75, 3.05) is 6.61 Å². The molecule has 0 saturated carbocycles. The molecule has 0 aromatic rings. The van der Waals surface area contributed by atoms with Crippen LogP contribution in [0.25, 0.3) is 0 Å². The Kier molecular flexibility index (Phi) is 4.85. The topological polar surface area (TPSA) is 115 Å². The lowest BCUT2D eigenvalue weighted by molar-refractivity contribution is -0.308. The molecule has 2 saturated heterocycles. The Hall–Kier alpha value is -1.05. The minimum atomic E-state index is -3.81. The van der Waals surface area contributed by atoms with Gasteiger partial charge in [-0.3, -0.25) is 0 Å². The van der Waals surface area contributed by atoms with Crippen molar-refractivity contribution in [3.8, 4) is 0 Å². The molecular weight excluding hydrogens is 348 g/mol. The van der Waals surface area contributed by atoms with Crippen molar-refractivity contribution in [2.24, 2.45) is 0 Å². The summed E-state index contributed by atoms with van der Waals surface area (Å²) in [6.45, 7) is 1.35. The first-order valence-electron chi connectivity index (χ1n) is 6.76. The average molecular weight is 364 g/mol. The van der Waals surface area contributed by atoms with Crippen LogP contribution < -0.4 is 0 Å². The lowest BCUT2D eigenvalue weighted by atomic mass is 10.0. The van der Waals surface area contributed by atoms with Gasteiger partial charge in [-0.25, -0.2) is 22.4 Å². The van der Waals surface area contributed by atoms with Gasteiger partial charge in [0.25, 0.3) is 24.4 Å². The minimum Gasteiger partial charge on any atom is -0.477 e. The number of ether oxygens (including phenoxy) is 4. The summed E-state index contributed by atoms with van der Waals surface area (Å²) in [7, 11) is 0. The zero-order valence-electron chi connectivity index (χ0n) is 12.5. The molecule has 0 radical (unpaired) electrons. The highest BCUT2D eigenvalue weighted by molar-refractivity contribution is 5.76. The second kappa shape index (κ2) is 6.04. The fourth-order valence-electron chi connectivity index (χ4n) is 2.62. The number of carboxylic acids is 1. The fraction of sp³-hybridized carbons (Fsp3) is 0.917. The first-order valence-corrected chi connectivity index (χ1v) is 6.76. The van der Waals surface area contributed by atoms with Crippen molar-refractivity contribution >= 4 is 5.97 Å². The third kappa shape index (κ3) is 2.86. The van der Waals surface area contributed by atoms with Gasteiger partial charge < -0.3 is 34.3 Å². The number of halogens is 4. The van der Waals surface area contributed by atoms with E-state index in [1.54, 1.807) is 0 Å². The van der Waals surface area contributed by atoms with E-state index >= 15 is 0 Å². The van der Waals surface area contributed by atoms with Crippen molar-refractivity contribution in [3.05, 3.63) is 0 Å². The predicted molar refractivity (Wildman–Crippen MR) is 64.2 cm³/mol. The molecule has 0 spiro atoms. The molecule has 2 aliphatic rings. The van der Waals surface area contributed by atoms with Crippen molar-refractivity contribution in [2.45, 2.75) is 62.4 Å². The van der Waals surface area contributed by atoms with Crippen LogP contribution in [0.4, 0.5) is 17.6 Å². The SMILES string of the molecule is CC1(C)O[C@@H]([C@@H]2OC(C(F)F)(C(F)F)O[C@@H]2CO)[C@](O)(C(=O)O)O1. The molecule has 2 fully saturated rings. The smallest absolute Gasteiger partial charge is 0.367 e. The molecule has 0 amide bonds. The van der Waals surface area contributed by atoms with E-state index in [0.29, 0.717) is 0 Å². The molecule has 4 atom stereocenters. The Morgan fingerprint density at radius 1 is 1.12 bits per heavy atom. The minimum absolute atomic E-state index is 1.07. The van der Waals surface area contributed by atoms with Gasteiger partial charge in [0.05, 0.1) is 6.61 Å². The summed E-state index contributed by atoms with van der Waals surface area (Å²) in [6.07, 6.45) is -13.4. The third-order valence-electron chi connectivity index (χ3n) is 3.61. The molecule has 0 bridgehead atoms. The van der Waals surface area contributed by atoms with E-state index in [0.717, 1.165) is 0 Å². The first-order chi connectivity index (χ1) is 10.9. The Balaban J connectivity index is 2.41.